The van der Waals surface area contributed by atoms with Gasteiger partial charge in [-0.15, -0.1) is 0 Å². The summed E-state index contributed by atoms with van der Waals surface area (Å²) in [6.45, 7) is -0.0951. The number of aliphatic hydroxyl groups excluding tert-OH is 1. The number of halogens is 1. The predicted octanol–water partition coefficient (Wildman–Crippen LogP) is 1.73. The molecule has 17 heavy (non-hydrogen) atoms. The van der Waals surface area contributed by atoms with Gasteiger partial charge < -0.3 is 14.4 Å². The minimum Gasteiger partial charge on any atom is -0.494 e. The lowest BCUT2D eigenvalue weighted by Crippen LogP contribution is -1.99. The van der Waals surface area contributed by atoms with Gasteiger partial charge in [-0.3, -0.25) is 0 Å². The summed E-state index contributed by atoms with van der Waals surface area (Å²) in [7, 11) is 3.19. The summed E-state index contributed by atoms with van der Waals surface area (Å²) in [5, 5.41) is 9.06. The number of nitrogens with zero attached hydrogens (tertiary/aromatic N) is 2. The zero-order chi connectivity index (χ0) is 12.4. The Morgan fingerprint density at radius 1 is 1.47 bits per heavy atom. The van der Waals surface area contributed by atoms with E-state index < -0.39 is 5.82 Å². The number of methoxy groups -OCH3 is 1. The molecule has 5 heteroatoms. The average Bonchev–Trinajstić information content (AvgIpc) is 2.70. The van der Waals surface area contributed by atoms with Crippen LogP contribution in [0.4, 0.5) is 4.39 Å². The first kappa shape index (κ1) is 11.6. The van der Waals surface area contributed by atoms with Crippen LogP contribution in [0.25, 0.3) is 11.4 Å². The van der Waals surface area contributed by atoms with Crippen molar-refractivity contribution in [1.82, 2.24) is 9.55 Å². The van der Waals surface area contributed by atoms with E-state index in [9.17, 15) is 4.39 Å². The lowest BCUT2D eigenvalue weighted by Gasteiger charge is -2.06. The monoisotopic (exact) mass is 236 g/mol. The Kier molecular flexibility index (Phi) is 3.10. The van der Waals surface area contributed by atoms with Gasteiger partial charge in [0.2, 0.25) is 0 Å². The van der Waals surface area contributed by atoms with Crippen LogP contribution in [-0.4, -0.2) is 21.8 Å². The topological polar surface area (TPSA) is 47.3 Å². The standard InChI is InChI=1S/C12H13FN2O2/c1-15-9(7-16)6-14-12(15)8-3-4-11(17-2)10(13)5-8/h3-6,16H,7H2,1-2H3. The molecule has 0 atom stereocenters. The Labute approximate surface area is 98.3 Å². The van der Waals surface area contributed by atoms with Gasteiger partial charge in [0.15, 0.2) is 11.6 Å². The molecule has 1 N–H and O–H groups in total. The molecule has 0 unspecified atom stereocenters. The van der Waals surface area contributed by atoms with Crippen molar-refractivity contribution in [1.29, 1.82) is 0 Å². The second-order valence-corrected chi connectivity index (χ2v) is 3.64. The minimum atomic E-state index is -0.432. The molecular formula is C12H13FN2O2. The van der Waals surface area contributed by atoms with E-state index in [-0.39, 0.29) is 12.4 Å². The van der Waals surface area contributed by atoms with E-state index in [1.165, 1.54) is 13.2 Å². The summed E-state index contributed by atoms with van der Waals surface area (Å²) in [5.74, 6) is 0.375. The normalized spacial score (nSPS) is 10.6. The summed E-state index contributed by atoms with van der Waals surface area (Å²) in [4.78, 5) is 4.15. The van der Waals surface area contributed by atoms with Gasteiger partial charge >= 0.3 is 0 Å². The van der Waals surface area contributed by atoms with Crippen molar-refractivity contribution in [3.8, 4) is 17.1 Å². The van der Waals surface area contributed by atoms with Gasteiger partial charge in [0.05, 0.1) is 25.6 Å². The molecular weight excluding hydrogens is 223 g/mol. The molecule has 0 aliphatic rings. The summed E-state index contributed by atoms with van der Waals surface area (Å²) in [5.41, 5.74) is 1.32. The van der Waals surface area contributed by atoms with Crippen molar-refractivity contribution in [2.75, 3.05) is 7.11 Å². The van der Waals surface area contributed by atoms with Crippen molar-refractivity contribution in [2.24, 2.45) is 7.05 Å². The van der Waals surface area contributed by atoms with Gasteiger partial charge in [-0.1, -0.05) is 0 Å². The number of imidazole rings is 1. The SMILES string of the molecule is COc1ccc(-c2ncc(CO)n2C)cc1F. The third kappa shape index (κ3) is 2.01. The van der Waals surface area contributed by atoms with Crippen LogP contribution in [0.5, 0.6) is 5.75 Å². The minimum absolute atomic E-state index is 0.0951. The van der Waals surface area contributed by atoms with Crippen LogP contribution in [0.1, 0.15) is 5.69 Å². The summed E-state index contributed by atoms with van der Waals surface area (Å²) >= 11 is 0. The van der Waals surface area contributed by atoms with E-state index in [4.69, 9.17) is 9.84 Å². The Hall–Kier alpha value is -1.88. The van der Waals surface area contributed by atoms with E-state index >= 15 is 0 Å². The van der Waals surface area contributed by atoms with E-state index in [1.54, 1.807) is 29.9 Å². The fraction of sp³-hybridized carbons (Fsp3) is 0.250. The van der Waals surface area contributed by atoms with Gasteiger partial charge in [0.1, 0.15) is 5.82 Å². The molecule has 0 saturated carbocycles. The molecule has 1 aromatic heterocycles. The molecule has 2 aromatic rings. The third-order valence-corrected chi connectivity index (χ3v) is 2.66. The maximum absolute atomic E-state index is 13.5. The first-order chi connectivity index (χ1) is 8.17. The predicted molar refractivity (Wildman–Crippen MR) is 61.1 cm³/mol. The van der Waals surface area contributed by atoms with Crippen molar-refractivity contribution < 1.29 is 14.2 Å². The molecule has 0 saturated heterocycles. The molecule has 1 aromatic carbocycles. The zero-order valence-electron chi connectivity index (χ0n) is 9.64. The first-order valence-corrected chi connectivity index (χ1v) is 5.12. The molecule has 4 nitrogen and oxygen atoms in total. The molecule has 0 bridgehead atoms. The van der Waals surface area contributed by atoms with Gasteiger partial charge in [0.25, 0.3) is 0 Å². The smallest absolute Gasteiger partial charge is 0.165 e. The Balaban J connectivity index is 2.46. The van der Waals surface area contributed by atoms with Gasteiger partial charge in [-0.05, 0) is 18.2 Å². The fourth-order valence-corrected chi connectivity index (χ4v) is 1.67. The molecule has 0 aliphatic carbocycles. The van der Waals surface area contributed by atoms with Crippen LogP contribution in [0, 0.1) is 5.82 Å². The highest BCUT2D eigenvalue weighted by Gasteiger charge is 2.10. The Morgan fingerprint density at radius 3 is 2.76 bits per heavy atom. The highest BCUT2D eigenvalue weighted by molar-refractivity contribution is 5.57. The van der Waals surface area contributed by atoms with Gasteiger partial charge in [0, 0.05) is 12.6 Å². The highest BCUT2D eigenvalue weighted by Crippen LogP contribution is 2.24. The van der Waals surface area contributed by atoms with Crippen molar-refractivity contribution >= 4 is 0 Å². The summed E-state index contributed by atoms with van der Waals surface area (Å²) in [6.07, 6.45) is 1.57. The Morgan fingerprint density at radius 2 is 2.24 bits per heavy atom. The number of aromatic nitrogens is 2. The summed E-state index contributed by atoms with van der Waals surface area (Å²) in [6, 6.07) is 4.64. The molecule has 0 fully saturated rings. The van der Waals surface area contributed by atoms with Crippen molar-refractivity contribution in [3.63, 3.8) is 0 Å². The number of ether oxygens (including phenoxy) is 1. The van der Waals surface area contributed by atoms with E-state index in [2.05, 4.69) is 4.98 Å². The fourth-order valence-electron chi connectivity index (χ4n) is 1.67. The third-order valence-electron chi connectivity index (χ3n) is 2.66. The lowest BCUT2D eigenvalue weighted by atomic mass is 10.2. The zero-order valence-corrected chi connectivity index (χ0v) is 9.64. The number of hydrogen-bond donors (Lipinski definition) is 1. The molecule has 1 heterocycles. The van der Waals surface area contributed by atoms with E-state index in [0.29, 0.717) is 17.1 Å². The Bertz CT molecular complexity index is 537. The number of rotatable bonds is 3. The van der Waals surface area contributed by atoms with Crippen LogP contribution in [0.15, 0.2) is 24.4 Å². The molecule has 0 spiro atoms. The number of hydrogen-bond acceptors (Lipinski definition) is 3. The van der Waals surface area contributed by atoms with Crippen molar-refractivity contribution in [3.05, 3.63) is 35.9 Å². The second kappa shape index (κ2) is 4.55. The largest absolute Gasteiger partial charge is 0.494 e. The van der Waals surface area contributed by atoms with Crippen LogP contribution in [-0.2, 0) is 13.7 Å². The number of benzene rings is 1. The quantitative estimate of drug-likeness (QED) is 0.882. The second-order valence-electron chi connectivity index (χ2n) is 3.64. The van der Waals surface area contributed by atoms with Crippen LogP contribution in [0.2, 0.25) is 0 Å². The average molecular weight is 236 g/mol. The maximum atomic E-state index is 13.5. The number of aliphatic hydroxyl groups is 1. The molecule has 0 aliphatic heterocycles. The molecule has 2 rings (SSSR count). The lowest BCUT2D eigenvalue weighted by molar-refractivity contribution is 0.273. The molecule has 0 radical (unpaired) electrons. The van der Waals surface area contributed by atoms with Crippen LogP contribution >= 0.6 is 0 Å². The van der Waals surface area contributed by atoms with Gasteiger partial charge in [-0.25, -0.2) is 9.37 Å². The van der Waals surface area contributed by atoms with Crippen LogP contribution < -0.4 is 4.74 Å². The highest BCUT2D eigenvalue weighted by atomic mass is 19.1. The molecule has 0 amide bonds. The van der Waals surface area contributed by atoms with E-state index in [1.807, 2.05) is 0 Å². The van der Waals surface area contributed by atoms with Crippen LogP contribution in [0.3, 0.4) is 0 Å². The summed E-state index contributed by atoms with van der Waals surface area (Å²) < 4.78 is 20.1. The van der Waals surface area contributed by atoms with Gasteiger partial charge in [-0.2, -0.15) is 0 Å². The van der Waals surface area contributed by atoms with Crippen molar-refractivity contribution in [2.45, 2.75) is 6.61 Å². The molecule has 90 valence electrons. The maximum Gasteiger partial charge on any atom is 0.165 e. The first-order valence-electron chi connectivity index (χ1n) is 5.12. The van der Waals surface area contributed by atoms with E-state index in [0.717, 1.165) is 0 Å².